The van der Waals surface area contributed by atoms with Gasteiger partial charge in [0.2, 0.25) is 5.91 Å². The number of oxazole rings is 1. The summed E-state index contributed by atoms with van der Waals surface area (Å²) in [6, 6.07) is 3.49. The lowest BCUT2D eigenvalue weighted by Crippen LogP contribution is -2.36. The third kappa shape index (κ3) is 3.95. The average Bonchev–Trinajstić information content (AvgIpc) is 3.09. The number of aliphatic hydroxyl groups excluding tert-OH is 1. The average molecular weight is 292 g/mol. The monoisotopic (exact) mass is 292 g/mol. The fourth-order valence-corrected chi connectivity index (χ4v) is 2.06. The summed E-state index contributed by atoms with van der Waals surface area (Å²) in [5.74, 6) is 1.39. The van der Waals surface area contributed by atoms with Crippen LogP contribution < -0.4 is 5.32 Å². The lowest BCUT2D eigenvalue weighted by atomic mass is 10.1. The summed E-state index contributed by atoms with van der Waals surface area (Å²) in [5.41, 5.74) is 0.595. The van der Waals surface area contributed by atoms with Crippen molar-refractivity contribution < 1.29 is 18.7 Å². The zero-order valence-corrected chi connectivity index (χ0v) is 12.3. The number of nitrogens with zero attached hydrogens (tertiary/aromatic N) is 1. The largest absolute Gasteiger partial charge is 0.459 e. The van der Waals surface area contributed by atoms with Crippen LogP contribution in [0.4, 0.5) is 0 Å². The number of carbonyl (C=O) groups excluding carboxylic acids is 1. The summed E-state index contributed by atoms with van der Waals surface area (Å²) in [6.07, 6.45) is 3.03. The van der Waals surface area contributed by atoms with Crippen molar-refractivity contribution in [1.29, 1.82) is 0 Å². The van der Waals surface area contributed by atoms with Gasteiger partial charge < -0.3 is 19.3 Å². The molecule has 2 aromatic rings. The van der Waals surface area contributed by atoms with E-state index in [1.807, 2.05) is 6.92 Å². The van der Waals surface area contributed by atoms with Crippen molar-refractivity contribution in [2.75, 3.05) is 6.61 Å². The Morgan fingerprint density at radius 2 is 2.33 bits per heavy atom. The third-order valence-corrected chi connectivity index (χ3v) is 3.29. The molecule has 0 aliphatic heterocycles. The molecule has 0 aliphatic carbocycles. The Morgan fingerprint density at radius 3 is 2.95 bits per heavy atom. The zero-order valence-electron chi connectivity index (χ0n) is 12.3. The maximum atomic E-state index is 12.0. The van der Waals surface area contributed by atoms with Gasteiger partial charge in [0.05, 0.1) is 18.4 Å². The summed E-state index contributed by atoms with van der Waals surface area (Å²) in [7, 11) is 0. The van der Waals surface area contributed by atoms with Crippen molar-refractivity contribution in [3.63, 3.8) is 0 Å². The van der Waals surface area contributed by atoms with Gasteiger partial charge in [-0.2, -0.15) is 0 Å². The van der Waals surface area contributed by atoms with Crippen LogP contribution in [0.15, 0.2) is 27.2 Å². The van der Waals surface area contributed by atoms with E-state index >= 15 is 0 Å². The fourth-order valence-electron chi connectivity index (χ4n) is 2.06. The second-order valence-corrected chi connectivity index (χ2v) is 4.86. The Kier molecular flexibility index (Phi) is 5.16. The Labute approximate surface area is 123 Å². The second-order valence-electron chi connectivity index (χ2n) is 4.86. The van der Waals surface area contributed by atoms with Crippen molar-refractivity contribution in [2.45, 2.75) is 39.2 Å². The molecule has 0 spiro atoms. The van der Waals surface area contributed by atoms with Gasteiger partial charge in [-0.3, -0.25) is 4.79 Å². The Bertz CT molecular complexity index is 575. The van der Waals surface area contributed by atoms with Gasteiger partial charge >= 0.3 is 0 Å². The van der Waals surface area contributed by atoms with Gasteiger partial charge in [-0.15, -0.1) is 0 Å². The normalized spacial score (nSPS) is 12.3. The number of hydrogen-bond donors (Lipinski definition) is 2. The molecular formula is C15H20N2O4. The standard InChI is InChI=1S/C15H20N2O4/c1-3-11(6-7-18)16-14(19)9-12-10(2)21-15(17-12)13-5-4-8-20-13/h4-5,8,11,18H,3,6-7,9H2,1-2H3,(H,16,19). The molecule has 0 saturated carbocycles. The van der Waals surface area contributed by atoms with E-state index in [1.54, 1.807) is 25.3 Å². The number of aryl methyl sites for hydroxylation is 1. The lowest BCUT2D eigenvalue weighted by molar-refractivity contribution is -0.121. The highest BCUT2D eigenvalue weighted by atomic mass is 16.4. The van der Waals surface area contributed by atoms with Crippen molar-refractivity contribution in [1.82, 2.24) is 10.3 Å². The molecule has 0 bridgehead atoms. The number of rotatable bonds is 7. The van der Waals surface area contributed by atoms with Crippen LogP contribution in [0, 0.1) is 6.92 Å². The molecule has 0 radical (unpaired) electrons. The lowest BCUT2D eigenvalue weighted by Gasteiger charge is -2.15. The zero-order chi connectivity index (χ0) is 15.2. The molecule has 1 unspecified atom stereocenters. The summed E-state index contributed by atoms with van der Waals surface area (Å²) >= 11 is 0. The second kappa shape index (κ2) is 7.08. The summed E-state index contributed by atoms with van der Waals surface area (Å²) in [6.45, 7) is 3.80. The maximum absolute atomic E-state index is 12.0. The highest BCUT2D eigenvalue weighted by molar-refractivity contribution is 5.78. The number of aliphatic hydroxyl groups is 1. The van der Waals surface area contributed by atoms with Crippen LogP contribution in [-0.4, -0.2) is 28.6 Å². The number of nitrogens with one attached hydrogen (secondary N) is 1. The molecule has 114 valence electrons. The van der Waals surface area contributed by atoms with Crippen LogP contribution in [-0.2, 0) is 11.2 Å². The number of amides is 1. The minimum atomic E-state index is -0.127. The first kappa shape index (κ1) is 15.3. The number of carbonyl (C=O) groups is 1. The molecule has 6 heteroatoms. The molecule has 21 heavy (non-hydrogen) atoms. The van der Waals surface area contributed by atoms with Gasteiger partial charge in [-0.25, -0.2) is 4.98 Å². The molecule has 0 aromatic carbocycles. The van der Waals surface area contributed by atoms with Gasteiger partial charge in [-0.05, 0) is 31.9 Å². The Morgan fingerprint density at radius 1 is 1.52 bits per heavy atom. The van der Waals surface area contributed by atoms with E-state index in [9.17, 15) is 4.79 Å². The maximum Gasteiger partial charge on any atom is 0.263 e. The topological polar surface area (TPSA) is 88.5 Å². The van der Waals surface area contributed by atoms with E-state index in [4.69, 9.17) is 13.9 Å². The van der Waals surface area contributed by atoms with E-state index in [0.29, 0.717) is 29.5 Å². The van der Waals surface area contributed by atoms with E-state index in [0.717, 1.165) is 6.42 Å². The number of furan rings is 1. The van der Waals surface area contributed by atoms with E-state index < -0.39 is 0 Å². The molecule has 2 rings (SSSR count). The van der Waals surface area contributed by atoms with Crippen LogP contribution in [0.25, 0.3) is 11.7 Å². The molecule has 2 N–H and O–H groups in total. The first-order valence-electron chi connectivity index (χ1n) is 7.04. The minimum Gasteiger partial charge on any atom is -0.459 e. The predicted molar refractivity (Wildman–Crippen MR) is 76.6 cm³/mol. The first-order valence-corrected chi connectivity index (χ1v) is 7.04. The molecule has 0 saturated heterocycles. The number of hydrogen-bond acceptors (Lipinski definition) is 5. The van der Waals surface area contributed by atoms with Crippen LogP contribution in [0.1, 0.15) is 31.2 Å². The highest BCUT2D eigenvalue weighted by Gasteiger charge is 2.17. The number of aromatic nitrogens is 1. The molecule has 2 heterocycles. The van der Waals surface area contributed by atoms with Gasteiger partial charge in [0.25, 0.3) is 5.89 Å². The molecule has 1 amide bonds. The summed E-state index contributed by atoms with van der Waals surface area (Å²) in [4.78, 5) is 16.3. The van der Waals surface area contributed by atoms with Gasteiger partial charge in [0.15, 0.2) is 5.76 Å². The fraction of sp³-hybridized carbons (Fsp3) is 0.467. The SMILES string of the molecule is CCC(CCO)NC(=O)Cc1nc(-c2ccco2)oc1C. The van der Waals surface area contributed by atoms with Crippen molar-refractivity contribution in [3.8, 4) is 11.7 Å². The van der Waals surface area contributed by atoms with Crippen molar-refractivity contribution in [3.05, 3.63) is 29.9 Å². The molecule has 6 nitrogen and oxygen atoms in total. The smallest absolute Gasteiger partial charge is 0.263 e. The Hall–Kier alpha value is -2.08. The van der Waals surface area contributed by atoms with Gasteiger partial charge in [0.1, 0.15) is 5.76 Å². The van der Waals surface area contributed by atoms with Crippen LogP contribution in [0.2, 0.25) is 0 Å². The highest BCUT2D eigenvalue weighted by Crippen LogP contribution is 2.22. The van der Waals surface area contributed by atoms with Crippen LogP contribution in [0.5, 0.6) is 0 Å². The van der Waals surface area contributed by atoms with Gasteiger partial charge in [0, 0.05) is 12.6 Å². The molecule has 0 aliphatic rings. The molecule has 1 atom stereocenters. The first-order chi connectivity index (χ1) is 10.1. The summed E-state index contributed by atoms with van der Waals surface area (Å²) < 4.78 is 10.7. The van der Waals surface area contributed by atoms with Crippen LogP contribution >= 0.6 is 0 Å². The van der Waals surface area contributed by atoms with E-state index in [-0.39, 0.29) is 25.0 Å². The van der Waals surface area contributed by atoms with E-state index in [1.165, 1.54) is 0 Å². The van der Waals surface area contributed by atoms with Crippen molar-refractivity contribution in [2.24, 2.45) is 0 Å². The molecular weight excluding hydrogens is 272 g/mol. The van der Waals surface area contributed by atoms with Crippen molar-refractivity contribution >= 4 is 5.91 Å². The van der Waals surface area contributed by atoms with Crippen LogP contribution in [0.3, 0.4) is 0 Å². The molecule has 2 aromatic heterocycles. The quantitative estimate of drug-likeness (QED) is 0.815. The Balaban J connectivity index is 2.01. The van der Waals surface area contributed by atoms with Gasteiger partial charge in [-0.1, -0.05) is 6.92 Å². The minimum absolute atomic E-state index is 0.0146. The molecule has 0 fully saturated rings. The van der Waals surface area contributed by atoms with E-state index in [2.05, 4.69) is 10.3 Å². The third-order valence-electron chi connectivity index (χ3n) is 3.29. The predicted octanol–water partition coefficient (Wildman–Crippen LogP) is 2.06. The summed E-state index contributed by atoms with van der Waals surface area (Å²) in [5, 5.41) is 11.8.